The first-order valence-electron chi connectivity index (χ1n) is 8.28. The van der Waals surface area contributed by atoms with Crippen LogP contribution in [-0.2, 0) is 4.79 Å². The zero-order valence-electron chi connectivity index (χ0n) is 14.1. The molecule has 1 heterocycles. The summed E-state index contributed by atoms with van der Waals surface area (Å²) in [6, 6.07) is 14.9. The summed E-state index contributed by atoms with van der Waals surface area (Å²) in [5.74, 6) is 0.436. The van der Waals surface area contributed by atoms with E-state index in [1.54, 1.807) is 17.8 Å². The van der Waals surface area contributed by atoms with E-state index in [1.165, 1.54) is 0 Å². The van der Waals surface area contributed by atoms with E-state index < -0.39 is 0 Å². The molecule has 0 bridgehead atoms. The fourth-order valence-corrected chi connectivity index (χ4v) is 4.00. The van der Waals surface area contributed by atoms with Crippen LogP contribution in [0.5, 0.6) is 5.75 Å². The number of phenols is 1. The van der Waals surface area contributed by atoms with E-state index in [0.29, 0.717) is 18.1 Å². The average Bonchev–Trinajstić information content (AvgIpc) is 2.63. The first-order chi connectivity index (χ1) is 12.0. The average molecular weight is 377 g/mol. The number of rotatable bonds is 4. The summed E-state index contributed by atoms with van der Waals surface area (Å²) in [4.78, 5) is 17.8. The van der Waals surface area contributed by atoms with Gasteiger partial charge in [-0.15, -0.1) is 11.8 Å². The predicted octanol–water partition coefficient (Wildman–Crippen LogP) is 3.88. The minimum absolute atomic E-state index is 0.141. The molecule has 1 N–H and O–H groups in total. The van der Waals surface area contributed by atoms with Crippen molar-refractivity contribution in [3.8, 4) is 5.75 Å². The number of anilines is 1. The molecule has 0 radical (unpaired) electrons. The summed E-state index contributed by atoms with van der Waals surface area (Å²) in [7, 11) is 0. The summed E-state index contributed by atoms with van der Waals surface area (Å²) >= 11 is 7.45. The van der Waals surface area contributed by atoms with Crippen LogP contribution in [0.2, 0.25) is 5.02 Å². The molecule has 6 heteroatoms. The minimum Gasteiger partial charge on any atom is -0.506 e. The first-order valence-corrected chi connectivity index (χ1v) is 9.54. The van der Waals surface area contributed by atoms with Crippen molar-refractivity contribution in [2.24, 2.45) is 0 Å². The molecular weight excluding hydrogens is 356 g/mol. The molecule has 1 aliphatic rings. The van der Waals surface area contributed by atoms with Gasteiger partial charge in [-0.1, -0.05) is 23.7 Å². The van der Waals surface area contributed by atoms with E-state index in [0.717, 1.165) is 23.7 Å². The van der Waals surface area contributed by atoms with E-state index >= 15 is 0 Å². The Morgan fingerprint density at radius 3 is 2.36 bits per heavy atom. The molecule has 1 unspecified atom stereocenters. The van der Waals surface area contributed by atoms with Crippen molar-refractivity contribution in [2.45, 2.75) is 17.1 Å². The van der Waals surface area contributed by atoms with Crippen LogP contribution in [0.25, 0.3) is 0 Å². The van der Waals surface area contributed by atoms with Gasteiger partial charge in [0.15, 0.2) is 0 Å². The molecule has 4 nitrogen and oxygen atoms in total. The van der Waals surface area contributed by atoms with Crippen LogP contribution >= 0.6 is 23.4 Å². The standard InChI is InChI=1S/C19H21ClN2O2S/c1-14(25-16-8-6-15(20)7-9-16)19(24)22-12-10-21(11-13-22)17-4-2-3-5-18(17)23/h2-9,14,23H,10-13H2,1H3. The Kier molecular flexibility index (Phi) is 5.76. The third-order valence-corrected chi connectivity index (χ3v) is 5.64. The summed E-state index contributed by atoms with van der Waals surface area (Å²) in [6.45, 7) is 4.72. The Balaban J connectivity index is 1.56. The number of amides is 1. The Morgan fingerprint density at radius 1 is 1.08 bits per heavy atom. The van der Waals surface area contributed by atoms with Crippen molar-refractivity contribution in [3.05, 3.63) is 53.6 Å². The summed E-state index contributed by atoms with van der Waals surface area (Å²) < 4.78 is 0. The maximum atomic E-state index is 12.7. The number of aromatic hydroxyl groups is 1. The zero-order valence-corrected chi connectivity index (χ0v) is 15.6. The van der Waals surface area contributed by atoms with Gasteiger partial charge >= 0.3 is 0 Å². The molecule has 0 aromatic heterocycles. The van der Waals surface area contributed by atoms with Crippen LogP contribution < -0.4 is 4.90 Å². The molecule has 2 aromatic carbocycles. The van der Waals surface area contributed by atoms with Gasteiger partial charge in [0.25, 0.3) is 0 Å². The van der Waals surface area contributed by atoms with Crippen LogP contribution in [0.4, 0.5) is 5.69 Å². The summed E-state index contributed by atoms with van der Waals surface area (Å²) in [6.07, 6.45) is 0. The zero-order chi connectivity index (χ0) is 17.8. The second-order valence-electron chi connectivity index (χ2n) is 6.02. The Labute approximate surface area is 157 Å². The molecule has 1 aliphatic heterocycles. The lowest BCUT2D eigenvalue weighted by atomic mass is 10.2. The summed E-state index contributed by atoms with van der Waals surface area (Å²) in [5.41, 5.74) is 0.832. The minimum atomic E-state index is -0.141. The highest BCUT2D eigenvalue weighted by molar-refractivity contribution is 8.00. The molecule has 1 atom stereocenters. The second-order valence-corrected chi connectivity index (χ2v) is 7.87. The molecular formula is C19H21ClN2O2S. The number of hydrogen-bond acceptors (Lipinski definition) is 4. The topological polar surface area (TPSA) is 43.8 Å². The Bertz CT molecular complexity index is 730. The van der Waals surface area contributed by atoms with Crippen molar-refractivity contribution in [1.82, 2.24) is 4.90 Å². The number of piperazine rings is 1. The van der Waals surface area contributed by atoms with Gasteiger partial charge in [0.05, 0.1) is 10.9 Å². The van der Waals surface area contributed by atoms with Crippen LogP contribution in [0, 0.1) is 0 Å². The smallest absolute Gasteiger partial charge is 0.235 e. The van der Waals surface area contributed by atoms with E-state index in [2.05, 4.69) is 4.90 Å². The molecule has 1 amide bonds. The maximum Gasteiger partial charge on any atom is 0.235 e. The SMILES string of the molecule is CC(Sc1ccc(Cl)cc1)C(=O)N1CCN(c2ccccc2O)CC1. The molecule has 0 aliphatic carbocycles. The van der Waals surface area contributed by atoms with Crippen molar-refractivity contribution in [3.63, 3.8) is 0 Å². The highest BCUT2D eigenvalue weighted by Gasteiger charge is 2.26. The molecule has 3 rings (SSSR count). The van der Waals surface area contributed by atoms with Gasteiger partial charge < -0.3 is 14.9 Å². The molecule has 0 spiro atoms. The van der Waals surface area contributed by atoms with Crippen molar-refractivity contribution in [2.75, 3.05) is 31.1 Å². The van der Waals surface area contributed by atoms with Crippen LogP contribution in [0.3, 0.4) is 0 Å². The van der Waals surface area contributed by atoms with Crippen LogP contribution in [0.15, 0.2) is 53.4 Å². The lowest BCUT2D eigenvalue weighted by Crippen LogP contribution is -2.50. The van der Waals surface area contributed by atoms with E-state index in [1.807, 2.05) is 54.3 Å². The molecule has 2 aromatic rings. The van der Waals surface area contributed by atoms with Gasteiger partial charge in [0, 0.05) is 36.1 Å². The number of phenolic OH excluding ortho intramolecular Hbond substituents is 1. The number of nitrogens with zero attached hydrogens (tertiary/aromatic N) is 2. The number of thioether (sulfide) groups is 1. The maximum absolute atomic E-state index is 12.7. The van der Waals surface area contributed by atoms with Crippen molar-refractivity contribution < 1.29 is 9.90 Å². The van der Waals surface area contributed by atoms with E-state index in [-0.39, 0.29) is 16.9 Å². The number of carbonyl (C=O) groups is 1. The summed E-state index contributed by atoms with van der Waals surface area (Å²) in [5, 5.41) is 10.5. The monoisotopic (exact) mass is 376 g/mol. The Hall–Kier alpha value is -1.85. The van der Waals surface area contributed by atoms with Crippen LogP contribution in [0.1, 0.15) is 6.92 Å². The molecule has 132 valence electrons. The molecule has 0 saturated carbocycles. The number of carbonyl (C=O) groups excluding carboxylic acids is 1. The van der Waals surface area contributed by atoms with Crippen molar-refractivity contribution >= 4 is 35.0 Å². The quantitative estimate of drug-likeness (QED) is 0.822. The lowest BCUT2D eigenvalue weighted by Gasteiger charge is -2.37. The molecule has 1 saturated heterocycles. The van der Waals surface area contributed by atoms with Crippen LogP contribution in [-0.4, -0.2) is 47.3 Å². The van der Waals surface area contributed by atoms with Gasteiger partial charge in [-0.25, -0.2) is 0 Å². The molecule has 25 heavy (non-hydrogen) atoms. The normalized spacial score (nSPS) is 15.9. The van der Waals surface area contributed by atoms with E-state index in [4.69, 9.17) is 11.6 Å². The van der Waals surface area contributed by atoms with Gasteiger partial charge in [-0.2, -0.15) is 0 Å². The number of benzene rings is 2. The highest BCUT2D eigenvalue weighted by Crippen LogP contribution is 2.29. The largest absolute Gasteiger partial charge is 0.506 e. The third-order valence-electron chi connectivity index (χ3n) is 4.29. The first kappa shape index (κ1) is 18.0. The fraction of sp³-hybridized carbons (Fsp3) is 0.316. The van der Waals surface area contributed by atoms with Crippen molar-refractivity contribution in [1.29, 1.82) is 0 Å². The second kappa shape index (κ2) is 8.02. The third kappa shape index (κ3) is 4.41. The highest BCUT2D eigenvalue weighted by atomic mass is 35.5. The predicted molar refractivity (Wildman–Crippen MR) is 104 cm³/mol. The van der Waals surface area contributed by atoms with Gasteiger partial charge in [0.1, 0.15) is 5.75 Å². The number of hydrogen-bond donors (Lipinski definition) is 1. The molecule has 1 fully saturated rings. The lowest BCUT2D eigenvalue weighted by molar-refractivity contribution is -0.130. The Morgan fingerprint density at radius 2 is 1.72 bits per heavy atom. The fourth-order valence-electron chi connectivity index (χ4n) is 2.92. The van der Waals surface area contributed by atoms with E-state index in [9.17, 15) is 9.90 Å². The number of para-hydroxylation sites is 2. The van der Waals surface area contributed by atoms with Gasteiger partial charge in [-0.05, 0) is 43.3 Å². The van der Waals surface area contributed by atoms with Gasteiger partial charge in [0.2, 0.25) is 5.91 Å². The van der Waals surface area contributed by atoms with Gasteiger partial charge in [-0.3, -0.25) is 4.79 Å². The number of halogens is 1.